The predicted octanol–water partition coefficient (Wildman–Crippen LogP) is 4.35. The molecule has 1 aliphatic carbocycles. The molecular weight excluding hydrogens is 408 g/mol. The Morgan fingerprint density at radius 2 is 1.93 bits per heavy atom. The number of carbonyl (C=O) groups is 3. The number of amides is 2. The molecule has 0 saturated carbocycles. The first kappa shape index (κ1) is 21.4. The molecule has 3 rings (SSSR count). The number of hydrogen-bond donors (Lipinski definition) is 2. The minimum atomic E-state index is -0.395. The Labute approximate surface area is 178 Å². The van der Waals surface area contributed by atoms with Crippen LogP contribution < -0.4 is 10.6 Å². The second-order valence-electron chi connectivity index (χ2n) is 7.09. The van der Waals surface area contributed by atoms with Crippen molar-refractivity contribution in [2.24, 2.45) is 5.92 Å². The molecule has 1 aromatic carbocycles. The van der Waals surface area contributed by atoms with Crippen LogP contribution in [0.3, 0.4) is 0 Å². The Bertz CT molecular complexity index is 922. The Kier molecular flexibility index (Phi) is 6.97. The Balaban J connectivity index is 1.66. The zero-order chi connectivity index (χ0) is 21.0. The Hall–Kier alpha value is -2.32. The van der Waals surface area contributed by atoms with Crippen molar-refractivity contribution in [2.45, 2.75) is 38.0 Å². The van der Waals surface area contributed by atoms with Crippen LogP contribution in [-0.4, -0.2) is 30.6 Å². The lowest BCUT2D eigenvalue weighted by Gasteiger charge is -2.18. The summed E-state index contributed by atoms with van der Waals surface area (Å²) >= 11 is 2.88. The van der Waals surface area contributed by atoms with Gasteiger partial charge in [0.2, 0.25) is 11.8 Å². The second-order valence-corrected chi connectivity index (χ2v) is 9.24. The third-order valence-electron chi connectivity index (χ3n) is 4.70. The maximum atomic E-state index is 12.5. The van der Waals surface area contributed by atoms with Gasteiger partial charge in [-0.3, -0.25) is 9.59 Å². The SMILES string of the molecule is COC(=O)c1c(NC(=O)CSc2ccc(NC(C)=O)cc2)sc2c1CCC(C)C2. The minimum absolute atomic E-state index is 0.126. The molecular formula is C21H24N2O4S2. The summed E-state index contributed by atoms with van der Waals surface area (Å²) in [6, 6.07) is 7.31. The Morgan fingerprint density at radius 1 is 1.21 bits per heavy atom. The molecule has 1 heterocycles. The van der Waals surface area contributed by atoms with Crippen molar-refractivity contribution in [3.8, 4) is 0 Å². The van der Waals surface area contributed by atoms with E-state index in [9.17, 15) is 14.4 Å². The van der Waals surface area contributed by atoms with Crippen molar-refractivity contribution in [3.63, 3.8) is 0 Å². The number of esters is 1. The quantitative estimate of drug-likeness (QED) is 0.524. The van der Waals surface area contributed by atoms with Crippen LogP contribution in [0.25, 0.3) is 0 Å². The van der Waals surface area contributed by atoms with Gasteiger partial charge in [-0.05, 0) is 55.0 Å². The van der Waals surface area contributed by atoms with Crippen LogP contribution >= 0.6 is 23.1 Å². The topological polar surface area (TPSA) is 84.5 Å². The van der Waals surface area contributed by atoms with Crippen molar-refractivity contribution >= 4 is 51.6 Å². The number of rotatable bonds is 6. The van der Waals surface area contributed by atoms with Crippen LogP contribution in [0.2, 0.25) is 0 Å². The van der Waals surface area contributed by atoms with Crippen LogP contribution in [0.1, 0.15) is 41.1 Å². The molecule has 154 valence electrons. The molecule has 6 nitrogen and oxygen atoms in total. The molecule has 29 heavy (non-hydrogen) atoms. The number of hydrogen-bond acceptors (Lipinski definition) is 6. The van der Waals surface area contributed by atoms with Gasteiger partial charge in [-0.25, -0.2) is 4.79 Å². The number of ether oxygens (including phenoxy) is 1. The average Bonchev–Trinajstić information content (AvgIpc) is 3.03. The zero-order valence-corrected chi connectivity index (χ0v) is 18.3. The van der Waals surface area contributed by atoms with E-state index >= 15 is 0 Å². The number of benzene rings is 1. The summed E-state index contributed by atoms with van der Waals surface area (Å²) in [5.41, 5.74) is 2.25. The highest BCUT2D eigenvalue weighted by atomic mass is 32.2. The molecule has 2 aromatic rings. The van der Waals surface area contributed by atoms with E-state index in [4.69, 9.17) is 4.74 Å². The molecule has 0 aliphatic heterocycles. The summed E-state index contributed by atoms with van der Waals surface area (Å²) in [5.74, 6) is 0.107. The van der Waals surface area contributed by atoms with Crippen LogP contribution in [0.15, 0.2) is 29.2 Å². The molecule has 0 spiro atoms. The van der Waals surface area contributed by atoms with Gasteiger partial charge in [-0.1, -0.05) is 6.92 Å². The second kappa shape index (κ2) is 9.45. The van der Waals surface area contributed by atoms with Gasteiger partial charge in [0.25, 0.3) is 0 Å². The summed E-state index contributed by atoms with van der Waals surface area (Å²) in [5, 5.41) is 6.20. The van der Waals surface area contributed by atoms with E-state index in [1.807, 2.05) is 12.1 Å². The monoisotopic (exact) mass is 432 g/mol. The first-order valence-corrected chi connectivity index (χ1v) is 11.2. The van der Waals surface area contributed by atoms with Crippen LogP contribution in [0.4, 0.5) is 10.7 Å². The van der Waals surface area contributed by atoms with Gasteiger partial charge in [-0.2, -0.15) is 0 Å². The van der Waals surface area contributed by atoms with E-state index in [2.05, 4.69) is 17.6 Å². The first-order valence-electron chi connectivity index (χ1n) is 9.40. The van der Waals surface area contributed by atoms with Crippen molar-refractivity contribution in [2.75, 3.05) is 23.5 Å². The standard InChI is InChI=1S/C21H24N2O4S2/c1-12-4-9-16-17(10-12)29-20(19(16)21(26)27-3)23-18(25)11-28-15-7-5-14(6-8-15)22-13(2)24/h5-8,12H,4,9-11H2,1-3H3,(H,22,24)(H,23,25). The van der Waals surface area contributed by atoms with Gasteiger partial charge in [-0.15, -0.1) is 23.1 Å². The number of nitrogens with one attached hydrogen (secondary N) is 2. The molecule has 0 fully saturated rings. The highest BCUT2D eigenvalue weighted by Crippen LogP contribution is 2.40. The third-order valence-corrected chi connectivity index (χ3v) is 6.88. The molecule has 1 aliphatic rings. The fourth-order valence-electron chi connectivity index (χ4n) is 3.31. The van der Waals surface area contributed by atoms with Crippen LogP contribution in [-0.2, 0) is 27.2 Å². The molecule has 0 bridgehead atoms. The highest BCUT2D eigenvalue weighted by molar-refractivity contribution is 8.00. The molecule has 1 unspecified atom stereocenters. The van der Waals surface area contributed by atoms with Crippen LogP contribution in [0, 0.1) is 5.92 Å². The number of thioether (sulfide) groups is 1. The minimum Gasteiger partial charge on any atom is -0.465 e. The maximum Gasteiger partial charge on any atom is 0.341 e. The fourth-order valence-corrected chi connectivity index (χ4v) is 5.42. The van der Waals surface area contributed by atoms with Crippen molar-refractivity contribution < 1.29 is 19.1 Å². The number of methoxy groups -OCH3 is 1. The first-order chi connectivity index (χ1) is 13.9. The average molecular weight is 433 g/mol. The lowest BCUT2D eigenvalue weighted by molar-refractivity contribution is -0.114. The fraction of sp³-hybridized carbons (Fsp3) is 0.381. The van der Waals surface area contributed by atoms with Crippen molar-refractivity contribution in [3.05, 3.63) is 40.3 Å². The van der Waals surface area contributed by atoms with Crippen molar-refractivity contribution in [1.29, 1.82) is 0 Å². The molecule has 2 N–H and O–H groups in total. The van der Waals surface area contributed by atoms with Crippen molar-refractivity contribution in [1.82, 2.24) is 0 Å². The predicted molar refractivity (Wildman–Crippen MR) is 117 cm³/mol. The van der Waals surface area contributed by atoms with Gasteiger partial charge >= 0.3 is 5.97 Å². The largest absolute Gasteiger partial charge is 0.465 e. The molecule has 2 amide bonds. The third kappa shape index (κ3) is 5.39. The van der Waals surface area contributed by atoms with Gasteiger partial charge in [0, 0.05) is 22.4 Å². The number of thiophene rings is 1. The van der Waals surface area contributed by atoms with Crippen LogP contribution in [0.5, 0.6) is 0 Å². The number of anilines is 2. The number of carbonyl (C=O) groups excluding carboxylic acids is 3. The van der Waals surface area contributed by atoms with Gasteiger partial charge in [0.05, 0.1) is 18.4 Å². The summed E-state index contributed by atoms with van der Waals surface area (Å²) in [6.07, 6.45) is 2.80. The van der Waals surface area contributed by atoms with E-state index in [1.54, 1.807) is 12.1 Å². The summed E-state index contributed by atoms with van der Waals surface area (Å²) in [7, 11) is 1.37. The summed E-state index contributed by atoms with van der Waals surface area (Å²) < 4.78 is 4.96. The molecule has 1 aromatic heterocycles. The maximum absolute atomic E-state index is 12.5. The summed E-state index contributed by atoms with van der Waals surface area (Å²) in [6.45, 7) is 3.66. The molecule has 0 saturated heterocycles. The van der Waals surface area contributed by atoms with Gasteiger partial charge < -0.3 is 15.4 Å². The molecule has 1 atom stereocenters. The lowest BCUT2D eigenvalue weighted by atomic mass is 9.88. The Morgan fingerprint density at radius 3 is 2.59 bits per heavy atom. The molecule has 0 radical (unpaired) electrons. The molecule has 8 heteroatoms. The number of fused-ring (bicyclic) bond motifs is 1. The normalized spacial score (nSPS) is 15.3. The van der Waals surface area contributed by atoms with Gasteiger partial charge in [0.15, 0.2) is 0 Å². The highest BCUT2D eigenvalue weighted by Gasteiger charge is 2.28. The van der Waals surface area contributed by atoms with E-state index in [0.29, 0.717) is 22.2 Å². The zero-order valence-electron chi connectivity index (χ0n) is 16.7. The van der Waals surface area contributed by atoms with E-state index < -0.39 is 5.97 Å². The van der Waals surface area contributed by atoms with E-state index in [0.717, 1.165) is 29.7 Å². The van der Waals surface area contributed by atoms with Gasteiger partial charge in [0.1, 0.15) is 5.00 Å². The van der Waals surface area contributed by atoms with E-state index in [1.165, 1.54) is 42.0 Å². The smallest absolute Gasteiger partial charge is 0.341 e. The van der Waals surface area contributed by atoms with E-state index in [-0.39, 0.29) is 17.6 Å². The summed E-state index contributed by atoms with van der Waals surface area (Å²) in [4.78, 5) is 38.0. The lowest BCUT2D eigenvalue weighted by Crippen LogP contribution is -2.17.